The lowest BCUT2D eigenvalue weighted by Crippen LogP contribution is -2.15. The largest absolute Gasteiger partial charge is 0.387 e. The van der Waals surface area contributed by atoms with Gasteiger partial charge in [0.1, 0.15) is 6.10 Å². The standard InChI is InChI=1S/C14H16N2O3/c17-13(10-14-18-8-9-19-14)12-6-7-15-16(12)11-4-2-1-3-5-11/h1-7,13-14,17H,8-10H2. The van der Waals surface area contributed by atoms with Crippen molar-refractivity contribution in [3.8, 4) is 5.69 Å². The fourth-order valence-electron chi connectivity index (χ4n) is 2.20. The predicted octanol–water partition coefficient (Wildman–Crippen LogP) is 1.67. The van der Waals surface area contributed by atoms with Crippen molar-refractivity contribution in [3.05, 3.63) is 48.3 Å². The van der Waals surface area contributed by atoms with E-state index in [-0.39, 0.29) is 6.29 Å². The second-order valence-corrected chi connectivity index (χ2v) is 4.43. The average Bonchev–Trinajstić information content (AvgIpc) is 3.10. The number of hydrogen-bond donors (Lipinski definition) is 1. The van der Waals surface area contributed by atoms with Crippen molar-refractivity contribution in [2.45, 2.75) is 18.8 Å². The highest BCUT2D eigenvalue weighted by Crippen LogP contribution is 2.23. The molecule has 1 aromatic carbocycles. The first-order chi connectivity index (χ1) is 9.34. The van der Waals surface area contributed by atoms with Crippen LogP contribution in [0.2, 0.25) is 0 Å². The molecular formula is C14H16N2O3. The average molecular weight is 260 g/mol. The Morgan fingerprint density at radius 3 is 2.68 bits per heavy atom. The van der Waals surface area contributed by atoms with E-state index >= 15 is 0 Å². The summed E-state index contributed by atoms with van der Waals surface area (Å²) in [6.07, 6.45) is 1.11. The molecule has 1 fully saturated rings. The van der Waals surface area contributed by atoms with Crippen LogP contribution in [0.25, 0.3) is 5.69 Å². The number of para-hydroxylation sites is 1. The predicted molar refractivity (Wildman–Crippen MR) is 68.8 cm³/mol. The van der Waals surface area contributed by atoms with Crippen molar-refractivity contribution >= 4 is 0 Å². The van der Waals surface area contributed by atoms with Gasteiger partial charge in [-0.05, 0) is 18.2 Å². The van der Waals surface area contributed by atoms with E-state index in [0.29, 0.717) is 19.6 Å². The van der Waals surface area contributed by atoms with Crippen molar-refractivity contribution in [3.63, 3.8) is 0 Å². The zero-order chi connectivity index (χ0) is 13.1. The molecule has 1 atom stereocenters. The second kappa shape index (κ2) is 5.52. The Hall–Kier alpha value is -1.69. The van der Waals surface area contributed by atoms with Crippen LogP contribution in [0.4, 0.5) is 0 Å². The SMILES string of the molecule is OC(CC1OCCO1)c1ccnn1-c1ccccc1. The summed E-state index contributed by atoms with van der Waals surface area (Å²) in [5.41, 5.74) is 1.67. The molecule has 0 saturated carbocycles. The highest BCUT2D eigenvalue weighted by Gasteiger charge is 2.23. The molecule has 5 nitrogen and oxygen atoms in total. The lowest BCUT2D eigenvalue weighted by atomic mass is 10.1. The lowest BCUT2D eigenvalue weighted by molar-refractivity contribution is -0.0716. The molecule has 1 saturated heterocycles. The molecule has 3 rings (SSSR count). The van der Waals surface area contributed by atoms with Crippen LogP contribution in [-0.2, 0) is 9.47 Å². The summed E-state index contributed by atoms with van der Waals surface area (Å²) in [7, 11) is 0. The van der Waals surface area contributed by atoms with E-state index in [9.17, 15) is 5.11 Å². The van der Waals surface area contributed by atoms with Gasteiger partial charge in [0, 0.05) is 12.6 Å². The molecule has 100 valence electrons. The summed E-state index contributed by atoms with van der Waals surface area (Å²) in [5, 5.41) is 14.5. The number of ether oxygens (including phenoxy) is 2. The normalized spacial score (nSPS) is 17.7. The Bertz CT molecular complexity index is 520. The zero-order valence-electron chi connectivity index (χ0n) is 10.5. The minimum atomic E-state index is -0.661. The molecule has 1 aliphatic heterocycles. The molecule has 1 unspecified atom stereocenters. The monoisotopic (exact) mass is 260 g/mol. The van der Waals surface area contributed by atoms with E-state index in [0.717, 1.165) is 11.4 Å². The second-order valence-electron chi connectivity index (χ2n) is 4.43. The van der Waals surface area contributed by atoms with E-state index in [4.69, 9.17) is 9.47 Å². The highest BCUT2D eigenvalue weighted by atomic mass is 16.7. The number of rotatable bonds is 4. The van der Waals surface area contributed by atoms with Crippen molar-refractivity contribution in [1.82, 2.24) is 9.78 Å². The van der Waals surface area contributed by atoms with Crippen LogP contribution in [0, 0.1) is 0 Å². The summed E-state index contributed by atoms with van der Waals surface area (Å²) in [4.78, 5) is 0. The van der Waals surface area contributed by atoms with Gasteiger partial charge < -0.3 is 14.6 Å². The van der Waals surface area contributed by atoms with Gasteiger partial charge in [0.2, 0.25) is 0 Å². The van der Waals surface area contributed by atoms with Gasteiger partial charge in [-0.2, -0.15) is 5.10 Å². The first-order valence-corrected chi connectivity index (χ1v) is 6.35. The maximum Gasteiger partial charge on any atom is 0.160 e. The quantitative estimate of drug-likeness (QED) is 0.908. The number of aromatic nitrogens is 2. The van der Waals surface area contributed by atoms with E-state index < -0.39 is 6.10 Å². The van der Waals surface area contributed by atoms with Crippen molar-refractivity contribution in [1.29, 1.82) is 0 Å². The van der Waals surface area contributed by atoms with Gasteiger partial charge in [0.15, 0.2) is 6.29 Å². The van der Waals surface area contributed by atoms with Crippen LogP contribution in [0.3, 0.4) is 0 Å². The molecule has 0 radical (unpaired) electrons. The molecule has 2 heterocycles. The fraction of sp³-hybridized carbons (Fsp3) is 0.357. The van der Waals surface area contributed by atoms with Crippen LogP contribution in [-0.4, -0.2) is 34.4 Å². The molecule has 19 heavy (non-hydrogen) atoms. The molecular weight excluding hydrogens is 244 g/mol. The van der Waals surface area contributed by atoms with E-state index in [1.165, 1.54) is 0 Å². The Morgan fingerprint density at radius 1 is 1.21 bits per heavy atom. The summed E-state index contributed by atoms with van der Waals surface area (Å²) in [6.45, 7) is 1.19. The molecule has 0 aliphatic carbocycles. The third kappa shape index (κ3) is 2.68. The number of hydrogen-bond acceptors (Lipinski definition) is 4. The molecule has 5 heteroatoms. The van der Waals surface area contributed by atoms with Gasteiger partial charge in [0.05, 0.1) is 24.6 Å². The molecule has 1 aromatic heterocycles. The van der Waals surface area contributed by atoms with Crippen LogP contribution in [0.5, 0.6) is 0 Å². The van der Waals surface area contributed by atoms with E-state index in [1.54, 1.807) is 10.9 Å². The van der Waals surface area contributed by atoms with Gasteiger partial charge in [-0.3, -0.25) is 0 Å². The number of aliphatic hydroxyl groups excluding tert-OH is 1. The van der Waals surface area contributed by atoms with E-state index in [1.807, 2.05) is 36.4 Å². The zero-order valence-corrected chi connectivity index (χ0v) is 10.5. The molecule has 0 spiro atoms. The summed E-state index contributed by atoms with van der Waals surface area (Å²) >= 11 is 0. The van der Waals surface area contributed by atoms with Gasteiger partial charge in [-0.1, -0.05) is 18.2 Å². The summed E-state index contributed by atoms with van der Waals surface area (Å²) < 4.78 is 12.4. The van der Waals surface area contributed by atoms with Crippen LogP contribution in [0.1, 0.15) is 18.2 Å². The third-order valence-electron chi connectivity index (χ3n) is 3.12. The third-order valence-corrected chi connectivity index (χ3v) is 3.12. The van der Waals surface area contributed by atoms with Crippen LogP contribution < -0.4 is 0 Å². The molecule has 1 aliphatic rings. The Morgan fingerprint density at radius 2 is 1.95 bits per heavy atom. The topological polar surface area (TPSA) is 56.5 Å². The van der Waals surface area contributed by atoms with Gasteiger partial charge in [-0.15, -0.1) is 0 Å². The van der Waals surface area contributed by atoms with Gasteiger partial charge in [0.25, 0.3) is 0 Å². The first kappa shape index (κ1) is 12.3. The molecule has 0 amide bonds. The molecule has 0 bridgehead atoms. The Kier molecular flexibility index (Phi) is 3.59. The maximum atomic E-state index is 10.3. The highest BCUT2D eigenvalue weighted by molar-refractivity contribution is 5.32. The molecule has 2 aromatic rings. The van der Waals surface area contributed by atoms with Crippen molar-refractivity contribution in [2.24, 2.45) is 0 Å². The number of benzene rings is 1. The number of nitrogens with zero attached hydrogens (tertiary/aromatic N) is 2. The summed E-state index contributed by atoms with van der Waals surface area (Å²) in [6, 6.07) is 11.5. The van der Waals surface area contributed by atoms with Crippen molar-refractivity contribution in [2.75, 3.05) is 13.2 Å². The maximum absolute atomic E-state index is 10.3. The Balaban J connectivity index is 1.79. The van der Waals surface area contributed by atoms with Gasteiger partial charge in [-0.25, -0.2) is 4.68 Å². The minimum absolute atomic E-state index is 0.325. The first-order valence-electron chi connectivity index (χ1n) is 6.35. The lowest BCUT2D eigenvalue weighted by Gasteiger charge is -2.16. The summed E-state index contributed by atoms with van der Waals surface area (Å²) in [5.74, 6) is 0. The van der Waals surface area contributed by atoms with Crippen LogP contribution in [0.15, 0.2) is 42.6 Å². The smallest absolute Gasteiger partial charge is 0.160 e. The van der Waals surface area contributed by atoms with Crippen molar-refractivity contribution < 1.29 is 14.6 Å². The number of aliphatic hydroxyl groups is 1. The fourth-order valence-corrected chi connectivity index (χ4v) is 2.20. The Labute approximate surface area is 111 Å². The molecule has 1 N–H and O–H groups in total. The van der Waals surface area contributed by atoms with Gasteiger partial charge >= 0.3 is 0 Å². The van der Waals surface area contributed by atoms with E-state index in [2.05, 4.69) is 5.10 Å². The van der Waals surface area contributed by atoms with Crippen LogP contribution >= 0.6 is 0 Å². The minimum Gasteiger partial charge on any atom is -0.387 e.